The molecule has 0 saturated carbocycles. The molecule has 2 aromatic rings. The van der Waals surface area contributed by atoms with Gasteiger partial charge in [0.2, 0.25) is 5.78 Å². The standard InChI is InChI=1S/C17H14N2O5/c1-23-16(21)14-12(15(20)11-8-5-9-24-11)13(18-17(22)19-14)10-6-3-2-4-7-10/h2-9,13H,1H3,(H2,18,19,22)/t13-/m1/s1. The topological polar surface area (TPSA) is 97.6 Å². The largest absolute Gasteiger partial charge is 0.464 e. The van der Waals surface area contributed by atoms with Gasteiger partial charge in [-0.1, -0.05) is 30.3 Å². The highest BCUT2D eigenvalue weighted by molar-refractivity contribution is 6.14. The lowest BCUT2D eigenvalue weighted by Gasteiger charge is -2.28. The van der Waals surface area contributed by atoms with E-state index in [1.165, 1.54) is 19.4 Å². The molecule has 0 aliphatic carbocycles. The molecule has 0 unspecified atom stereocenters. The van der Waals surface area contributed by atoms with Crippen LogP contribution in [-0.4, -0.2) is 24.9 Å². The number of nitrogens with one attached hydrogen (secondary N) is 2. The second-order valence-electron chi connectivity index (χ2n) is 5.03. The maximum atomic E-state index is 12.8. The lowest BCUT2D eigenvalue weighted by molar-refractivity contribution is -0.136. The van der Waals surface area contributed by atoms with Crippen molar-refractivity contribution in [2.24, 2.45) is 0 Å². The maximum Gasteiger partial charge on any atom is 0.355 e. The van der Waals surface area contributed by atoms with Crippen LogP contribution in [0.25, 0.3) is 0 Å². The molecule has 0 fully saturated rings. The third kappa shape index (κ3) is 2.79. The number of carbonyl (C=O) groups is 3. The van der Waals surface area contributed by atoms with E-state index in [0.717, 1.165) is 0 Å². The van der Waals surface area contributed by atoms with Gasteiger partial charge in [-0.2, -0.15) is 0 Å². The zero-order chi connectivity index (χ0) is 17.1. The Hall–Kier alpha value is -3.35. The summed E-state index contributed by atoms with van der Waals surface area (Å²) in [7, 11) is 1.18. The van der Waals surface area contributed by atoms with Crippen LogP contribution >= 0.6 is 0 Å². The summed E-state index contributed by atoms with van der Waals surface area (Å²) in [4.78, 5) is 36.8. The van der Waals surface area contributed by atoms with Crippen LogP contribution < -0.4 is 10.6 Å². The van der Waals surface area contributed by atoms with Crippen LogP contribution in [0.3, 0.4) is 0 Å². The minimum absolute atomic E-state index is 0.0580. The molecule has 2 N–H and O–H groups in total. The van der Waals surface area contributed by atoms with Crippen molar-refractivity contribution in [3.8, 4) is 0 Å². The van der Waals surface area contributed by atoms with Crippen molar-refractivity contribution in [2.45, 2.75) is 6.04 Å². The molecule has 1 aromatic carbocycles. The third-order valence-electron chi connectivity index (χ3n) is 3.58. The van der Waals surface area contributed by atoms with Crippen molar-refractivity contribution >= 4 is 17.8 Å². The number of ether oxygens (including phenoxy) is 1. The molecule has 24 heavy (non-hydrogen) atoms. The number of furan rings is 1. The normalized spacial score (nSPS) is 17.0. The van der Waals surface area contributed by atoms with Crippen LogP contribution in [0.1, 0.15) is 22.2 Å². The number of esters is 1. The van der Waals surface area contributed by atoms with Crippen molar-refractivity contribution in [3.05, 3.63) is 71.3 Å². The third-order valence-corrected chi connectivity index (χ3v) is 3.58. The van der Waals surface area contributed by atoms with Gasteiger partial charge in [0.1, 0.15) is 5.70 Å². The molecule has 0 spiro atoms. The highest BCUT2D eigenvalue weighted by Crippen LogP contribution is 2.29. The van der Waals surface area contributed by atoms with Gasteiger partial charge < -0.3 is 19.8 Å². The number of benzene rings is 1. The zero-order valence-electron chi connectivity index (χ0n) is 12.7. The van der Waals surface area contributed by atoms with E-state index in [9.17, 15) is 14.4 Å². The van der Waals surface area contributed by atoms with E-state index in [4.69, 9.17) is 9.15 Å². The molecule has 2 amide bonds. The smallest absolute Gasteiger partial charge is 0.355 e. The van der Waals surface area contributed by atoms with Gasteiger partial charge in [-0.25, -0.2) is 9.59 Å². The average molecular weight is 326 g/mol. The fraction of sp³-hybridized carbons (Fsp3) is 0.118. The van der Waals surface area contributed by atoms with Gasteiger partial charge in [0, 0.05) is 0 Å². The molecule has 1 aliphatic heterocycles. The zero-order valence-corrected chi connectivity index (χ0v) is 12.7. The Morgan fingerprint density at radius 3 is 2.50 bits per heavy atom. The molecule has 1 aromatic heterocycles. The first kappa shape index (κ1) is 15.5. The summed E-state index contributed by atoms with van der Waals surface area (Å²) in [6.45, 7) is 0. The first-order valence-electron chi connectivity index (χ1n) is 7.15. The number of ketones is 1. The van der Waals surface area contributed by atoms with E-state index in [0.29, 0.717) is 5.56 Å². The van der Waals surface area contributed by atoms with Gasteiger partial charge in [0.15, 0.2) is 5.76 Å². The first-order valence-corrected chi connectivity index (χ1v) is 7.15. The van der Waals surface area contributed by atoms with E-state index in [-0.39, 0.29) is 17.0 Å². The Bertz CT molecular complexity index is 809. The molecular weight excluding hydrogens is 312 g/mol. The molecule has 7 heteroatoms. The van der Waals surface area contributed by atoms with Crippen molar-refractivity contribution in [2.75, 3.05) is 7.11 Å². The highest BCUT2D eigenvalue weighted by Gasteiger charge is 2.37. The summed E-state index contributed by atoms with van der Waals surface area (Å²) in [5, 5.41) is 5.01. The average Bonchev–Trinajstić information content (AvgIpc) is 3.15. The van der Waals surface area contributed by atoms with E-state index in [1.807, 2.05) is 6.07 Å². The summed E-state index contributed by atoms with van der Waals surface area (Å²) < 4.78 is 9.84. The second kappa shape index (κ2) is 6.41. The first-order chi connectivity index (χ1) is 11.6. The quantitative estimate of drug-likeness (QED) is 0.661. The molecule has 1 aliphatic rings. The lowest BCUT2D eigenvalue weighted by atomic mass is 9.91. The van der Waals surface area contributed by atoms with E-state index in [1.54, 1.807) is 30.3 Å². The summed E-state index contributed by atoms with van der Waals surface area (Å²) in [5.41, 5.74) is 0.516. The highest BCUT2D eigenvalue weighted by atomic mass is 16.5. The van der Waals surface area contributed by atoms with Crippen molar-refractivity contribution in [1.29, 1.82) is 0 Å². The SMILES string of the molecule is COC(=O)C1=C(C(=O)c2ccco2)[C@@H](c2ccccc2)NC(=O)N1. The molecule has 2 heterocycles. The second-order valence-corrected chi connectivity index (χ2v) is 5.03. The van der Waals surface area contributed by atoms with Gasteiger partial charge in [-0.05, 0) is 17.7 Å². The van der Waals surface area contributed by atoms with Crippen LogP contribution in [0, 0.1) is 0 Å². The molecule has 0 radical (unpaired) electrons. The van der Waals surface area contributed by atoms with E-state index >= 15 is 0 Å². The maximum absolute atomic E-state index is 12.8. The summed E-state index contributed by atoms with van der Waals surface area (Å²) in [6.07, 6.45) is 1.36. The van der Waals surface area contributed by atoms with Crippen LogP contribution in [0.15, 0.2) is 64.4 Å². The number of methoxy groups -OCH3 is 1. The molecule has 0 bridgehead atoms. The number of rotatable bonds is 4. The molecular formula is C17H14N2O5. The number of Topliss-reactive ketones (excluding diaryl/α,β-unsaturated/α-hetero) is 1. The van der Waals surface area contributed by atoms with Crippen LogP contribution in [0.5, 0.6) is 0 Å². The van der Waals surface area contributed by atoms with Crippen LogP contribution in [0.4, 0.5) is 4.79 Å². The monoisotopic (exact) mass is 326 g/mol. The minimum Gasteiger partial charge on any atom is -0.464 e. The fourth-order valence-corrected chi connectivity index (χ4v) is 2.51. The van der Waals surface area contributed by atoms with Gasteiger partial charge in [0.25, 0.3) is 0 Å². The van der Waals surface area contributed by atoms with Crippen molar-refractivity contribution < 1.29 is 23.5 Å². The molecule has 3 rings (SSSR count). The Balaban J connectivity index is 2.17. The van der Waals surface area contributed by atoms with E-state index in [2.05, 4.69) is 10.6 Å². The van der Waals surface area contributed by atoms with Gasteiger partial charge in [-0.3, -0.25) is 4.79 Å². The summed E-state index contributed by atoms with van der Waals surface area (Å²) in [6, 6.07) is 10.5. The van der Waals surface area contributed by atoms with Crippen LogP contribution in [-0.2, 0) is 9.53 Å². The number of carbonyl (C=O) groups excluding carboxylic acids is 3. The summed E-state index contributed by atoms with van der Waals surface area (Å²) >= 11 is 0. The lowest BCUT2D eigenvalue weighted by Crippen LogP contribution is -2.47. The van der Waals surface area contributed by atoms with Crippen molar-refractivity contribution in [3.63, 3.8) is 0 Å². The van der Waals surface area contributed by atoms with Crippen LogP contribution in [0.2, 0.25) is 0 Å². The van der Waals surface area contributed by atoms with Crippen molar-refractivity contribution in [1.82, 2.24) is 10.6 Å². The van der Waals surface area contributed by atoms with Gasteiger partial charge in [0.05, 0.1) is 25.0 Å². The van der Waals surface area contributed by atoms with Gasteiger partial charge >= 0.3 is 12.0 Å². The molecule has 1 atom stereocenters. The Morgan fingerprint density at radius 1 is 1.12 bits per heavy atom. The van der Waals surface area contributed by atoms with E-state index < -0.39 is 23.8 Å². The summed E-state index contributed by atoms with van der Waals surface area (Å²) in [5.74, 6) is -1.26. The number of amides is 2. The predicted octanol–water partition coefficient (Wildman–Crippen LogP) is 1.94. The number of hydrogen-bond donors (Lipinski definition) is 2. The predicted molar refractivity (Wildman–Crippen MR) is 82.9 cm³/mol. The number of urea groups is 1. The number of hydrogen-bond acceptors (Lipinski definition) is 5. The molecule has 7 nitrogen and oxygen atoms in total. The fourth-order valence-electron chi connectivity index (χ4n) is 2.51. The Morgan fingerprint density at radius 2 is 1.88 bits per heavy atom. The minimum atomic E-state index is -0.805. The Labute approximate surface area is 137 Å². The Kier molecular flexibility index (Phi) is 4.15. The van der Waals surface area contributed by atoms with Gasteiger partial charge in [-0.15, -0.1) is 0 Å². The molecule has 122 valence electrons. The molecule has 0 saturated heterocycles.